The van der Waals surface area contributed by atoms with Crippen LogP contribution in [0.3, 0.4) is 0 Å². The average molecular weight is 290 g/mol. The van der Waals surface area contributed by atoms with Gasteiger partial charge in [0.2, 0.25) is 5.91 Å². The first kappa shape index (κ1) is 15.8. The van der Waals surface area contributed by atoms with E-state index >= 15 is 0 Å². The minimum Gasteiger partial charge on any atom is -0.508 e. The van der Waals surface area contributed by atoms with Gasteiger partial charge in [-0.3, -0.25) is 4.79 Å². The number of hydrogen-bond donors (Lipinski definition) is 2. The quantitative estimate of drug-likeness (QED) is 0.874. The SMILES string of the molecule is CC(C)NCC1CCCN(C(=O)Cc2cccc(O)c2)C1. The number of phenolic OH excluding ortho intramolecular Hbond substituents is 1. The van der Waals surface area contributed by atoms with Gasteiger partial charge in [0.25, 0.3) is 0 Å². The molecule has 1 aliphatic heterocycles. The molecule has 116 valence electrons. The molecular weight excluding hydrogens is 264 g/mol. The maximum absolute atomic E-state index is 12.4. The van der Waals surface area contributed by atoms with Gasteiger partial charge in [-0.2, -0.15) is 0 Å². The van der Waals surface area contributed by atoms with Gasteiger partial charge >= 0.3 is 0 Å². The van der Waals surface area contributed by atoms with Crippen molar-refractivity contribution in [3.8, 4) is 5.75 Å². The van der Waals surface area contributed by atoms with E-state index in [-0.39, 0.29) is 11.7 Å². The Kier molecular flexibility index (Phi) is 5.62. The van der Waals surface area contributed by atoms with Crippen LogP contribution in [0, 0.1) is 5.92 Å². The number of hydrogen-bond acceptors (Lipinski definition) is 3. The first-order chi connectivity index (χ1) is 10.0. The van der Waals surface area contributed by atoms with E-state index in [1.165, 1.54) is 6.42 Å². The molecule has 1 fully saturated rings. The Morgan fingerprint density at radius 2 is 2.29 bits per heavy atom. The fourth-order valence-corrected chi connectivity index (χ4v) is 2.81. The van der Waals surface area contributed by atoms with Crippen LogP contribution in [-0.2, 0) is 11.2 Å². The summed E-state index contributed by atoms with van der Waals surface area (Å²) in [7, 11) is 0. The second-order valence-corrected chi connectivity index (χ2v) is 6.26. The zero-order chi connectivity index (χ0) is 15.2. The number of rotatable bonds is 5. The zero-order valence-electron chi connectivity index (χ0n) is 13.0. The summed E-state index contributed by atoms with van der Waals surface area (Å²) in [6, 6.07) is 7.45. The predicted molar refractivity (Wildman–Crippen MR) is 84.3 cm³/mol. The highest BCUT2D eigenvalue weighted by molar-refractivity contribution is 5.79. The van der Waals surface area contributed by atoms with Gasteiger partial charge in [0.15, 0.2) is 0 Å². The van der Waals surface area contributed by atoms with E-state index in [1.807, 2.05) is 11.0 Å². The number of amides is 1. The second-order valence-electron chi connectivity index (χ2n) is 6.26. The van der Waals surface area contributed by atoms with Gasteiger partial charge in [0, 0.05) is 19.1 Å². The minimum atomic E-state index is 0.162. The molecule has 0 aromatic heterocycles. The fraction of sp³-hybridized carbons (Fsp3) is 0.588. The average Bonchev–Trinajstić information content (AvgIpc) is 2.45. The Morgan fingerprint density at radius 1 is 1.48 bits per heavy atom. The van der Waals surface area contributed by atoms with Crippen molar-refractivity contribution >= 4 is 5.91 Å². The second kappa shape index (κ2) is 7.46. The van der Waals surface area contributed by atoms with Gasteiger partial charge in [0.05, 0.1) is 6.42 Å². The van der Waals surface area contributed by atoms with Crippen molar-refractivity contribution in [1.29, 1.82) is 0 Å². The van der Waals surface area contributed by atoms with Crippen LogP contribution in [-0.4, -0.2) is 41.6 Å². The summed E-state index contributed by atoms with van der Waals surface area (Å²) in [4.78, 5) is 14.4. The molecule has 2 N–H and O–H groups in total. The van der Waals surface area contributed by atoms with Crippen molar-refractivity contribution in [2.45, 2.75) is 39.2 Å². The number of likely N-dealkylation sites (tertiary alicyclic amines) is 1. The molecule has 0 saturated carbocycles. The molecule has 2 rings (SSSR count). The third-order valence-electron chi connectivity index (χ3n) is 3.95. The zero-order valence-corrected chi connectivity index (χ0v) is 13.0. The summed E-state index contributed by atoms with van der Waals surface area (Å²) >= 11 is 0. The Hall–Kier alpha value is -1.55. The lowest BCUT2D eigenvalue weighted by Crippen LogP contribution is -2.44. The first-order valence-electron chi connectivity index (χ1n) is 7.83. The van der Waals surface area contributed by atoms with Crippen molar-refractivity contribution in [2.75, 3.05) is 19.6 Å². The van der Waals surface area contributed by atoms with E-state index in [0.717, 1.165) is 31.6 Å². The molecule has 1 heterocycles. The van der Waals surface area contributed by atoms with Crippen molar-refractivity contribution in [1.82, 2.24) is 10.2 Å². The molecular formula is C17H26N2O2. The van der Waals surface area contributed by atoms with E-state index < -0.39 is 0 Å². The number of carbonyl (C=O) groups is 1. The monoisotopic (exact) mass is 290 g/mol. The lowest BCUT2D eigenvalue weighted by Gasteiger charge is -2.33. The molecule has 1 saturated heterocycles. The lowest BCUT2D eigenvalue weighted by atomic mass is 9.97. The topological polar surface area (TPSA) is 52.6 Å². The molecule has 0 radical (unpaired) electrons. The number of benzene rings is 1. The molecule has 0 aliphatic carbocycles. The summed E-state index contributed by atoms with van der Waals surface area (Å²) < 4.78 is 0. The van der Waals surface area contributed by atoms with E-state index in [4.69, 9.17) is 0 Å². The first-order valence-corrected chi connectivity index (χ1v) is 7.83. The summed E-state index contributed by atoms with van der Waals surface area (Å²) in [5.74, 6) is 0.932. The van der Waals surface area contributed by atoms with Gasteiger partial charge in [0.1, 0.15) is 5.75 Å². The van der Waals surface area contributed by atoms with Crippen LogP contribution in [0.2, 0.25) is 0 Å². The van der Waals surface area contributed by atoms with E-state index in [9.17, 15) is 9.90 Å². The number of carbonyl (C=O) groups excluding carboxylic acids is 1. The largest absolute Gasteiger partial charge is 0.508 e. The standard InChI is InChI=1S/C17H26N2O2/c1-13(2)18-11-15-6-4-8-19(12-15)17(21)10-14-5-3-7-16(20)9-14/h3,5,7,9,13,15,18,20H,4,6,8,10-12H2,1-2H3. The van der Waals surface area contributed by atoms with Crippen molar-refractivity contribution < 1.29 is 9.90 Å². The predicted octanol–water partition coefficient (Wildman–Crippen LogP) is 2.17. The summed E-state index contributed by atoms with van der Waals surface area (Å²) in [6.07, 6.45) is 2.64. The van der Waals surface area contributed by atoms with Gasteiger partial charge in [-0.25, -0.2) is 0 Å². The smallest absolute Gasteiger partial charge is 0.227 e. The van der Waals surface area contributed by atoms with Gasteiger partial charge in [-0.15, -0.1) is 0 Å². The Morgan fingerprint density at radius 3 is 3.00 bits per heavy atom. The van der Waals surface area contributed by atoms with Crippen LogP contribution in [0.15, 0.2) is 24.3 Å². The van der Waals surface area contributed by atoms with E-state index in [1.54, 1.807) is 18.2 Å². The lowest BCUT2D eigenvalue weighted by molar-refractivity contribution is -0.132. The van der Waals surface area contributed by atoms with E-state index in [2.05, 4.69) is 19.2 Å². The van der Waals surface area contributed by atoms with Crippen LogP contribution in [0.5, 0.6) is 5.75 Å². The van der Waals surface area contributed by atoms with Crippen molar-refractivity contribution in [3.63, 3.8) is 0 Å². The van der Waals surface area contributed by atoms with Gasteiger partial charge < -0.3 is 15.3 Å². The molecule has 1 aliphatic rings. The third-order valence-corrected chi connectivity index (χ3v) is 3.95. The molecule has 0 bridgehead atoms. The van der Waals surface area contributed by atoms with Crippen LogP contribution in [0.1, 0.15) is 32.3 Å². The highest BCUT2D eigenvalue weighted by atomic mass is 16.3. The third kappa shape index (κ3) is 5.05. The Balaban J connectivity index is 1.87. The van der Waals surface area contributed by atoms with Crippen LogP contribution in [0.25, 0.3) is 0 Å². The molecule has 1 unspecified atom stereocenters. The maximum Gasteiger partial charge on any atom is 0.227 e. The Bertz CT molecular complexity index is 474. The molecule has 1 aromatic carbocycles. The van der Waals surface area contributed by atoms with Gasteiger partial charge in [-0.1, -0.05) is 26.0 Å². The molecule has 1 aromatic rings. The van der Waals surface area contributed by atoms with Crippen LogP contribution >= 0.6 is 0 Å². The van der Waals surface area contributed by atoms with Crippen molar-refractivity contribution in [3.05, 3.63) is 29.8 Å². The molecule has 4 nitrogen and oxygen atoms in total. The summed E-state index contributed by atoms with van der Waals surface area (Å²) in [5.41, 5.74) is 0.877. The van der Waals surface area contributed by atoms with Gasteiger partial charge in [-0.05, 0) is 43.0 Å². The number of nitrogens with one attached hydrogen (secondary N) is 1. The number of phenols is 1. The van der Waals surface area contributed by atoms with Crippen LogP contribution in [0.4, 0.5) is 0 Å². The number of aromatic hydroxyl groups is 1. The van der Waals surface area contributed by atoms with Crippen molar-refractivity contribution in [2.24, 2.45) is 5.92 Å². The summed E-state index contributed by atoms with van der Waals surface area (Å²) in [6.45, 7) is 6.97. The van der Waals surface area contributed by atoms with E-state index in [0.29, 0.717) is 18.4 Å². The van der Waals surface area contributed by atoms with Crippen LogP contribution < -0.4 is 5.32 Å². The fourth-order valence-electron chi connectivity index (χ4n) is 2.81. The molecule has 21 heavy (non-hydrogen) atoms. The minimum absolute atomic E-state index is 0.162. The molecule has 0 spiro atoms. The maximum atomic E-state index is 12.4. The highest BCUT2D eigenvalue weighted by Gasteiger charge is 2.23. The molecule has 4 heteroatoms. The molecule has 1 atom stereocenters. The normalized spacial score (nSPS) is 19.0. The highest BCUT2D eigenvalue weighted by Crippen LogP contribution is 2.18. The Labute approximate surface area is 127 Å². The number of nitrogens with zero attached hydrogens (tertiary/aromatic N) is 1. The number of piperidine rings is 1. The summed E-state index contributed by atoms with van der Waals surface area (Å²) in [5, 5.41) is 12.9. The molecule has 1 amide bonds.